The highest BCUT2D eigenvalue weighted by Crippen LogP contribution is 2.28. The fraction of sp³-hybridized carbons (Fsp3) is 0.286. The highest BCUT2D eigenvalue weighted by atomic mass is 32.1. The van der Waals surface area contributed by atoms with Gasteiger partial charge in [0.15, 0.2) is 5.11 Å². The molecule has 0 saturated heterocycles. The fourth-order valence-electron chi connectivity index (χ4n) is 2.14. The minimum absolute atomic E-state index is 0.266. The molecule has 0 radical (unpaired) electrons. The van der Waals surface area contributed by atoms with Crippen LogP contribution in [0.1, 0.15) is 24.9 Å². The topological polar surface area (TPSA) is 50.4 Å². The molecule has 100 valence electrons. The predicted octanol–water partition coefficient (Wildman–Crippen LogP) is 2.04. The minimum Gasteiger partial charge on any atom is -0.466 e. The van der Waals surface area contributed by atoms with Crippen LogP contribution in [0.3, 0.4) is 0 Å². The number of carbonyl (C=O) groups is 1. The number of allylic oxidation sites excluding steroid dienone is 1. The first-order valence-corrected chi connectivity index (χ1v) is 6.52. The highest BCUT2D eigenvalue weighted by Gasteiger charge is 2.31. The van der Waals surface area contributed by atoms with Crippen LogP contribution in [0.15, 0.2) is 41.6 Å². The molecule has 0 aliphatic carbocycles. The minimum atomic E-state index is -0.340. The van der Waals surface area contributed by atoms with Gasteiger partial charge in [-0.05, 0) is 24.2 Å². The lowest BCUT2D eigenvalue weighted by molar-refractivity contribution is -0.136. The third kappa shape index (κ3) is 2.76. The molecule has 0 fully saturated rings. The molecule has 4 nitrogen and oxygen atoms in total. The number of methoxy groups -OCH3 is 1. The third-order valence-electron chi connectivity index (χ3n) is 3.05. The van der Waals surface area contributed by atoms with E-state index in [1.54, 1.807) is 0 Å². The van der Waals surface area contributed by atoms with Crippen LogP contribution in [-0.4, -0.2) is 18.2 Å². The zero-order valence-electron chi connectivity index (χ0n) is 10.9. The van der Waals surface area contributed by atoms with Gasteiger partial charge in [0.2, 0.25) is 0 Å². The summed E-state index contributed by atoms with van der Waals surface area (Å²) in [6, 6.07) is 9.46. The van der Waals surface area contributed by atoms with E-state index in [4.69, 9.17) is 17.0 Å². The Morgan fingerprint density at radius 2 is 2.05 bits per heavy atom. The number of ether oxygens (including phenoxy) is 1. The second kappa shape index (κ2) is 5.84. The van der Waals surface area contributed by atoms with Crippen molar-refractivity contribution in [2.45, 2.75) is 19.4 Å². The van der Waals surface area contributed by atoms with E-state index in [2.05, 4.69) is 10.6 Å². The molecule has 0 amide bonds. The van der Waals surface area contributed by atoms with E-state index in [1.165, 1.54) is 7.11 Å². The number of esters is 1. The zero-order valence-corrected chi connectivity index (χ0v) is 11.7. The Morgan fingerprint density at radius 3 is 2.63 bits per heavy atom. The van der Waals surface area contributed by atoms with Crippen molar-refractivity contribution in [1.29, 1.82) is 0 Å². The van der Waals surface area contributed by atoms with E-state index in [0.29, 0.717) is 17.1 Å². The zero-order chi connectivity index (χ0) is 13.8. The standard InChI is InChI=1S/C14H16N2O2S/c1-3-10-11(13(17)18-2)12(16-14(19)15-10)9-7-5-4-6-8-9/h4-8,12H,3H2,1-2H3,(H2,15,16,19)/t12-/m0/s1. The first-order valence-electron chi connectivity index (χ1n) is 6.11. The first-order chi connectivity index (χ1) is 9.17. The lowest BCUT2D eigenvalue weighted by Gasteiger charge is -2.30. The van der Waals surface area contributed by atoms with Crippen molar-refractivity contribution in [1.82, 2.24) is 10.6 Å². The van der Waals surface area contributed by atoms with Crippen LogP contribution in [0.4, 0.5) is 0 Å². The quantitative estimate of drug-likeness (QED) is 0.653. The molecule has 1 aliphatic heterocycles. The fourth-order valence-corrected chi connectivity index (χ4v) is 2.38. The van der Waals surface area contributed by atoms with E-state index >= 15 is 0 Å². The average molecular weight is 276 g/mol. The summed E-state index contributed by atoms with van der Waals surface area (Å²) in [6.45, 7) is 1.97. The molecule has 0 unspecified atom stereocenters. The van der Waals surface area contributed by atoms with Gasteiger partial charge < -0.3 is 15.4 Å². The van der Waals surface area contributed by atoms with Crippen LogP contribution in [0.5, 0.6) is 0 Å². The van der Waals surface area contributed by atoms with Crippen molar-refractivity contribution in [3.8, 4) is 0 Å². The normalized spacial score (nSPS) is 18.6. The summed E-state index contributed by atoms with van der Waals surface area (Å²) in [6.07, 6.45) is 0.690. The molecule has 1 heterocycles. The number of hydrogen-bond donors (Lipinski definition) is 2. The van der Waals surface area contributed by atoms with Gasteiger partial charge in [0, 0.05) is 5.70 Å². The van der Waals surface area contributed by atoms with Crippen LogP contribution >= 0.6 is 12.2 Å². The molecule has 2 rings (SSSR count). The number of benzene rings is 1. The lowest BCUT2D eigenvalue weighted by Crippen LogP contribution is -2.45. The maximum Gasteiger partial charge on any atom is 0.337 e. The molecule has 0 bridgehead atoms. The van der Waals surface area contributed by atoms with Gasteiger partial charge in [0.05, 0.1) is 18.7 Å². The van der Waals surface area contributed by atoms with Crippen molar-refractivity contribution < 1.29 is 9.53 Å². The molecule has 0 spiro atoms. The summed E-state index contributed by atoms with van der Waals surface area (Å²) >= 11 is 5.19. The highest BCUT2D eigenvalue weighted by molar-refractivity contribution is 7.80. The second-order valence-corrected chi connectivity index (χ2v) is 4.59. The summed E-state index contributed by atoms with van der Waals surface area (Å²) in [5, 5.41) is 6.68. The van der Waals surface area contributed by atoms with E-state index in [0.717, 1.165) is 11.3 Å². The lowest BCUT2D eigenvalue weighted by atomic mass is 9.94. The largest absolute Gasteiger partial charge is 0.466 e. The van der Waals surface area contributed by atoms with Crippen molar-refractivity contribution in [2.75, 3.05) is 7.11 Å². The molecule has 1 aliphatic rings. The van der Waals surface area contributed by atoms with Crippen LogP contribution in [0, 0.1) is 0 Å². The molecule has 0 saturated carbocycles. The van der Waals surface area contributed by atoms with Gasteiger partial charge in [-0.2, -0.15) is 0 Å². The summed E-state index contributed by atoms with van der Waals surface area (Å²) in [7, 11) is 1.39. The van der Waals surface area contributed by atoms with Crippen molar-refractivity contribution >= 4 is 23.3 Å². The van der Waals surface area contributed by atoms with E-state index in [9.17, 15) is 4.79 Å². The van der Waals surface area contributed by atoms with Gasteiger partial charge in [-0.3, -0.25) is 0 Å². The van der Waals surface area contributed by atoms with E-state index in [-0.39, 0.29) is 12.0 Å². The molecule has 1 aromatic carbocycles. The first kappa shape index (κ1) is 13.5. The van der Waals surface area contributed by atoms with Crippen LogP contribution in [-0.2, 0) is 9.53 Å². The number of rotatable bonds is 3. The number of nitrogens with one attached hydrogen (secondary N) is 2. The molecular weight excluding hydrogens is 260 g/mol. The molecule has 1 aromatic rings. The maximum atomic E-state index is 12.0. The van der Waals surface area contributed by atoms with Gasteiger partial charge in [0.1, 0.15) is 0 Å². The second-order valence-electron chi connectivity index (χ2n) is 4.18. The van der Waals surface area contributed by atoms with E-state index < -0.39 is 0 Å². The molecule has 1 atom stereocenters. The molecule has 2 N–H and O–H groups in total. The summed E-state index contributed by atoms with van der Waals surface area (Å²) < 4.78 is 4.89. The van der Waals surface area contributed by atoms with Crippen molar-refractivity contribution in [3.05, 3.63) is 47.2 Å². The van der Waals surface area contributed by atoms with E-state index in [1.807, 2.05) is 37.3 Å². The number of carbonyl (C=O) groups excluding carboxylic acids is 1. The maximum absolute atomic E-state index is 12.0. The summed E-state index contributed by atoms with van der Waals surface area (Å²) in [4.78, 5) is 12.0. The Kier molecular flexibility index (Phi) is 4.16. The van der Waals surface area contributed by atoms with Crippen molar-refractivity contribution in [3.63, 3.8) is 0 Å². The monoisotopic (exact) mass is 276 g/mol. The van der Waals surface area contributed by atoms with Crippen LogP contribution < -0.4 is 10.6 Å². The molecule has 5 heteroatoms. The number of hydrogen-bond acceptors (Lipinski definition) is 3. The SMILES string of the molecule is CCC1=C(C(=O)OC)[C@H](c2ccccc2)NC(=S)N1. The average Bonchev–Trinajstić information content (AvgIpc) is 2.46. The van der Waals surface area contributed by atoms with Gasteiger partial charge >= 0.3 is 5.97 Å². The summed E-state index contributed by atoms with van der Waals surface area (Å²) in [5.41, 5.74) is 2.38. The molecular formula is C14H16N2O2S. The molecule has 19 heavy (non-hydrogen) atoms. The van der Waals surface area contributed by atoms with Crippen molar-refractivity contribution in [2.24, 2.45) is 0 Å². The van der Waals surface area contributed by atoms with Gasteiger partial charge in [0.25, 0.3) is 0 Å². The molecule has 0 aromatic heterocycles. The Morgan fingerprint density at radius 1 is 1.37 bits per heavy atom. The van der Waals surface area contributed by atoms with Gasteiger partial charge in [-0.15, -0.1) is 0 Å². The number of thiocarbonyl (C=S) groups is 1. The van der Waals surface area contributed by atoms with Crippen LogP contribution in [0.2, 0.25) is 0 Å². The predicted molar refractivity (Wildman–Crippen MR) is 77.4 cm³/mol. The Balaban J connectivity index is 2.50. The Labute approximate surface area is 117 Å². The smallest absolute Gasteiger partial charge is 0.337 e. The van der Waals surface area contributed by atoms with Gasteiger partial charge in [-0.25, -0.2) is 4.79 Å². The third-order valence-corrected chi connectivity index (χ3v) is 3.27. The Hall–Kier alpha value is -1.88. The summed E-state index contributed by atoms with van der Waals surface area (Å²) in [5.74, 6) is -0.340. The van der Waals surface area contributed by atoms with Gasteiger partial charge in [-0.1, -0.05) is 37.3 Å². The van der Waals surface area contributed by atoms with Crippen LogP contribution in [0.25, 0.3) is 0 Å². The Bertz CT molecular complexity index is 526.